The monoisotopic (exact) mass is 669 g/mol. The standard InChI is InChI=1S/C35H44ClN3O6S/c1-23-5-2-8-32(40)29-12-9-26(29)19-38-21-35(15-3-6-24-17-27(36)11-13-30(24)35)22-45-33-14-10-25(18-31(33)38)34(41)37-46(42,43)39(23)20-28-7-4-16-44-28/h2,8,10-11,13-14,17-18,23,26,28-29,32,40H,3-7,9,12,15-16,19-22H2,1H3,(H,37,41)/b8-2+/t23-,26+,28+,29-,32+,35+/m1/s1. The number of aliphatic hydroxyl groups excluding tert-OH is 1. The summed E-state index contributed by atoms with van der Waals surface area (Å²) in [5, 5.41) is 12.0. The summed E-state index contributed by atoms with van der Waals surface area (Å²) in [6.07, 6.45) is 9.79. The highest BCUT2D eigenvalue weighted by Crippen LogP contribution is 2.46. The van der Waals surface area contributed by atoms with E-state index >= 15 is 0 Å². The van der Waals surface area contributed by atoms with Crippen LogP contribution in [0.1, 0.15) is 73.4 Å². The Kier molecular flexibility index (Phi) is 8.86. The van der Waals surface area contributed by atoms with E-state index in [1.807, 2.05) is 25.1 Å². The summed E-state index contributed by atoms with van der Waals surface area (Å²) in [4.78, 5) is 16.0. The van der Waals surface area contributed by atoms with Gasteiger partial charge in [0.1, 0.15) is 5.75 Å². The molecule has 2 fully saturated rings. The van der Waals surface area contributed by atoms with Gasteiger partial charge in [-0.15, -0.1) is 0 Å². The van der Waals surface area contributed by atoms with Crippen molar-refractivity contribution >= 4 is 33.4 Å². The molecular weight excluding hydrogens is 626 g/mol. The molecule has 0 unspecified atom stereocenters. The summed E-state index contributed by atoms with van der Waals surface area (Å²) < 4.78 is 43.6. The van der Waals surface area contributed by atoms with Gasteiger partial charge in [0, 0.05) is 48.3 Å². The minimum Gasteiger partial charge on any atom is -0.490 e. The number of aryl methyl sites for hydroxylation is 1. The molecule has 0 radical (unpaired) electrons. The number of halogens is 1. The van der Waals surface area contributed by atoms with Crippen molar-refractivity contribution in [2.24, 2.45) is 11.8 Å². The molecular formula is C35H44ClN3O6S. The predicted molar refractivity (Wildman–Crippen MR) is 178 cm³/mol. The Morgan fingerprint density at radius 3 is 2.78 bits per heavy atom. The highest BCUT2D eigenvalue weighted by Gasteiger charge is 2.44. The molecule has 3 aliphatic heterocycles. The topological polar surface area (TPSA) is 108 Å². The highest BCUT2D eigenvalue weighted by atomic mass is 35.5. The molecule has 2 aliphatic carbocycles. The van der Waals surface area contributed by atoms with Crippen LogP contribution in [0.25, 0.3) is 0 Å². The van der Waals surface area contributed by atoms with Crippen LogP contribution in [-0.4, -0.2) is 74.8 Å². The number of carbonyl (C=O) groups excluding carboxylic acids is 1. The van der Waals surface area contributed by atoms with E-state index in [-0.39, 0.29) is 35.5 Å². The van der Waals surface area contributed by atoms with Crippen LogP contribution in [0.5, 0.6) is 5.75 Å². The molecule has 6 atom stereocenters. The van der Waals surface area contributed by atoms with E-state index in [2.05, 4.69) is 21.8 Å². The van der Waals surface area contributed by atoms with Gasteiger partial charge in [-0.1, -0.05) is 29.8 Å². The zero-order valence-corrected chi connectivity index (χ0v) is 27.9. The number of carbonyl (C=O) groups is 1. The van der Waals surface area contributed by atoms with E-state index in [9.17, 15) is 18.3 Å². The summed E-state index contributed by atoms with van der Waals surface area (Å²) in [7, 11) is -4.21. The maximum atomic E-state index is 13.8. The molecule has 2 aromatic carbocycles. The van der Waals surface area contributed by atoms with Crippen molar-refractivity contribution in [1.82, 2.24) is 9.03 Å². The molecule has 2 aromatic rings. The maximum Gasteiger partial charge on any atom is 0.304 e. The molecule has 2 bridgehead atoms. The van der Waals surface area contributed by atoms with E-state index < -0.39 is 28.3 Å². The third-order valence-corrected chi connectivity index (χ3v) is 12.7. The fourth-order valence-corrected chi connectivity index (χ4v) is 9.81. The molecule has 1 saturated heterocycles. The van der Waals surface area contributed by atoms with E-state index in [0.717, 1.165) is 55.7 Å². The normalized spacial score (nSPS) is 33.6. The summed E-state index contributed by atoms with van der Waals surface area (Å²) in [5.74, 6) is 0.348. The smallest absolute Gasteiger partial charge is 0.304 e. The summed E-state index contributed by atoms with van der Waals surface area (Å²) in [6.45, 7) is 4.45. The average molecular weight is 670 g/mol. The molecule has 1 saturated carbocycles. The number of hydrogen-bond donors (Lipinski definition) is 2. The Hall–Kier alpha value is -2.63. The number of aliphatic hydroxyl groups is 1. The van der Waals surface area contributed by atoms with Crippen molar-refractivity contribution in [3.8, 4) is 5.75 Å². The molecule has 9 nitrogen and oxygen atoms in total. The second kappa shape index (κ2) is 12.8. The molecule has 7 rings (SSSR count). The third kappa shape index (κ3) is 6.19. The van der Waals surface area contributed by atoms with Gasteiger partial charge in [0.2, 0.25) is 0 Å². The lowest BCUT2D eigenvalue weighted by atomic mass is 9.68. The number of hydrogen-bond acceptors (Lipinski definition) is 7. The first-order valence-electron chi connectivity index (χ1n) is 16.7. The van der Waals surface area contributed by atoms with E-state index in [0.29, 0.717) is 38.5 Å². The minimum atomic E-state index is -4.21. The molecule has 0 aromatic heterocycles. The Morgan fingerprint density at radius 2 is 2.00 bits per heavy atom. The number of amides is 1. The first-order chi connectivity index (χ1) is 22.1. The quantitative estimate of drug-likeness (QED) is 0.433. The Bertz CT molecular complexity index is 1610. The molecule has 1 spiro atoms. The Morgan fingerprint density at radius 1 is 1.13 bits per heavy atom. The number of anilines is 1. The second-order valence-corrected chi connectivity index (χ2v) is 16.0. The predicted octanol–water partition coefficient (Wildman–Crippen LogP) is 5.00. The zero-order valence-electron chi connectivity index (χ0n) is 26.4. The number of nitrogens with zero attached hydrogens (tertiary/aromatic N) is 2. The molecule has 2 N–H and O–H groups in total. The van der Waals surface area contributed by atoms with Gasteiger partial charge in [-0.05, 0) is 112 Å². The minimum absolute atomic E-state index is 0.0960. The van der Waals surface area contributed by atoms with E-state index in [1.165, 1.54) is 15.4 Å². The van der Waals surface area contributed by atoms with Crippen LogP contribution in [0, 0.1) is 11.8 Å². The third-order valence-electron chi connectivity index (χ3n) is 10.9. The summed E-state index contributed by atoms with van der Waals surface area (Å²) >= 11 is 6.41. The fraction of sp³-hybridized carbons (Fsp3) is 0.571. The highest BCUT2D eigenvalue weighted by molar-refractivity contribution is 7.87. The van der Waals surface area contributed by atoms with Crippen LogP contribution in [0.15, 0.2) is 48.6 Å². The van der Waals surface area contributed by atoms with Crippen LogP contribution < -0.4 is 14.4 Å². The van der Waals surface area contributed by atoms with Gasteiger partial charge in [-0.2, -0.15) is 12.7 Å². The molecule has 1 amide bonds. The van der Waals surface area contributed by atoms with E-state index in [4.69, 9.17) is 21.1 Å². The van der Waals surface area contributed by atoms with Gasteiger partial charge in [0.15, 0.2) is 0 Å². The van der Waals surface area contributed by atoms with Crippen LogP contribution in [0.2, 0.25) is 5.02 Å². The van der Waals surface area contributed by atoms with Gasteiger partial charge >= 0.3 is 10.2 Å². The number of fused-ring (bicyclic) bond motifs is 4. The number of benzene rings is 2. The number of nitrogens with one attached hydrogen (secondary N) is 1. The van der Waals surface area contributed by atoms with Gasteiger partial charge in [-0.3, -0.25) is 4.79 Å². The van der Waals surface area contributed by atoms with Gasteiger partial charge in [-0.25, -0.2) is 4.72 Å². The van der Waals surface area contributed by atoms with Gasteiger partial charge in [0.05, 0.1) is 24.5 Å². The van der Waals surface area contributed by atoms with Crippen LogP contribution in [0.4, 0.5) is 5.69 Å². The fourth-order valence-electron chi connectivity index (χ4n) is 8.22. The summed E-state index contributed by atoms with van der Waals surface area (Å²) in [5.41, 5.74) is 3.25. The van der Waals surface area contributed by atoms with Crippen molar-refractivity contribution in [2.45, 2.75) is 82.0 Å². The second-order valence-electron chi connectivity index (χ2n) is 13.9. The lowest BCUT2D eigenvalue weighted by Gasteiger charge is -2.45. The Balaban J connectivity index is 1.27. The lowest BCUT2D eigenvalue weighted by Crippen LogP contribution is -2.50. The van der Waals surface area contributed by atoms with Crippen LogP contribution >= 0.6 is 11.6 Å². The van der Waals surface area contributed by atoms with Crippen molar-refractivity contribution in [3.05, 3.63) is 70.3 Å². The van der Waals surface area contributed by atoms with Crippen molar-refractivity contribution in [2.75, 3.05) is 37.7 Å². The van der Waals surface area contributed by atoms with Gasteiger partial charge in [0.25, 0.3) is 5.91 Å². The lowest BCUT2D eigenvalue weighted by molar-refractivity contribution is 0.0455. The van der Waals surface area contributed by atoms with Crippen molar-refractivity contribution in [1.29, 1.82) is 0 Å². The van der Waals surface area contributed by atoms with Crippen molar-refractivity contribution < 1.29 is 27.8 Å². The largest absolute Gasteiger partial charge is 0.490 e. The molecule has 5 aliphatic rings. The van der Waals surface area contributed by atoms with Crippen LogP contribution in [0.3, 0.4) is 0 Å². The summed E-state index contributed by atoms with van der Waals surface area (Å²) in [6, 6.07) is 10.9. The maximum absolute atomic E-state index is 13.8. The van der Waals surface area contributed by atoms with Crippen molar-refractivity contribution in [3.63, 3.8) is 0 Å². The Labute approximate surface area is 277 Å². The van der Waals surface area contributed by atoms with Crippen LogP contribution in [-0.2, 0) is 26.8 Å². The molecule has 248 valence electrons. The first kappa shape index (κ1) is 31.9. The number of ether oxygens (including phenoxy) is 2. The SMILES string of the molecule is C[C@@H]1C/C=C/[C@H](O)[C@@H]2CC[C@H]2CN2C[C@@]3(CCCc4cc(Cl)ccc43)COc3ccc(cc32)C(=O)NS(=O)(=O)N1C[C@@H]1CCCO1. The number of rotatable bonds is 2. The zero-order chi connectivity index (χ0) is 32.1. The molecule has 3 heterocycles. The average Bonchev–Trinajstić information content (AvgIpc) is 3.47. The van der Waals surface area contributed by atoms with Gasteiger partial charge < -0.3 is 19.5 Å². The van der Waals surface area contributed by atoms with E-state index in [1.54, 1.807) is 18.2 Å². The first-order valence-corrected chi connectivity index (χ1v) is 18.5. The molecule has 11 heteroatoms. The molecule has 46 heavy (non-hydrogen) atoms.